The number of nitrogens with one attached hydrogen (secondary N) is 1. The van der Waals surface area contributed by atoms with Crippen molar-refractivity contribution in [1.82, 2.24) is 9.80 Å². The van der Waals surface area contributed by atoms with Gasteiger partial charge in [-0.15, -0.1) is 0 Å². The lowest BCUT2D eigenvalue weighted by Gasteiger charge is -2.40. The number of aryl methyl sites for hydroxylation is 1. The van der Waals surface area contributed by atoms with Crippen LogP contribution in [-0.2, 0) is 4.79 Å². The Labute approximate surface area is 183 Å². The molecule has 1 heterocycles. The topological polar surface area (TPSA) is 52.7 Å². The van der Waals surface area contributed by atoms with Gasteiger partial charge >= 0.3 is 0 Å². The van der Waals surface area contributed by atoms with Gasteiger partial charge in [0.25, 0.3) is 5.91 Å². The molecule has 4 rings (SSSR count). The zero-order valence-electron chi connectivity index (χ0n) is 18.0. The average Bonchev–Trinajstić information content (AvgIpc) is 3.30. The van der Waals surface area contributed by atoms with Gasteiger partial charge in [0.05, 0.1) is 11.6 Å². The minimum absolute atomic E-state index is 0.0321. The van der Waals surface area contributed by atoms with Gasteiger partial charge < -0.3 is 10.2 Å². The first-order chi connectivity index (χ1) is 15.0. The van der Waals surface area contributed by atoms with E-state index in [1.54, 1.807) is 17.0 Å². The molecule has 2 aromatic carbocycles. The molecule has 1 aliphatic heterocycles. The molecule has 0 spiro atoms. The molecule has 164 valence electrons. The molecule has 1 atom stereocenters. The standard InChI is InChI=1S/C25H30FN3O2/c1-18-10-12-20(13-11-18)27-24(30)23(19-6-2-3-7-19)28-14-16-29(17-15-28)25(31)21-8-4-5-9-22(21)26/h4-5,8-13,19,23H,2-3,6-7,14-17H2,1H3,(H,27,30). The van der Waals surface area contributed by atoms with E-state index in [2.05, 4.69) is 10.2 Å². The van der Waals surface area contributed by atoms with Crippen LogP contribution in [0.5, 0.6) is 0 Å². The Morgan fingerprint density at radius 1 is 0.968 bits per heavy atom. The van der Waals surface area contributed by atoms with E-state index in [0.29, 0.717) is 32.1 Å². The summed E-state index contributed by atoms with van der Waals surface area (Å²) in [6, 6.07) is 13.8. The summed E-state index contributed by atoms with van der Waals surface area (Å²) in [5.74, 6) is -0.403. The van der Waals surface area contributed by atoms with Crippen LogP contribution < -0.4 is 5.32 Å². The predicted molar refractivity (Wildman–Crippen MR) is 119 cm³/mol. The summed E-state index contributed by atoms with van der Waals surface area (Å²) in [4.78, 5) is 29.9. The van der Waals surface area contributed by atoms with Gasteiger partial charge in [-0.25, -0.2) is 4.39 Å². The van der Waals surface area contributed by atoms with Gasteiger partial charge in [-0.05, 0) is 49.9 Å². The minimum atomic E-state index is -0.490. The maximum Gasteiger partial charge on any atom is 0.256 e. The summed E-state index contributed by atoms with van der Waals surface area (Å²) in [5, 5.41) is 3.10. The summed E-state index contributed by atoms with van der Waals surface area (Å²) in [7, 11) is 0. The molecule has 5 nitrogen and oxygen atoms in total. The maximum absolute atomic E-state index is 14.0. The van der Waals surface area contributed by atoms with E-state index in [4.69, 9.17) is 0 Å². The second-order valence-electron chi connectivity index (χ2n) is 8.65. The Morgan fingerprint density at radius 3 is 2.26 bits per heavy atom. The molecule has 2 amide bonds. The first-order valence-electron chi connectivity index (χ1n) is 11.2. The van der Waals surface area contributed by atoms with Crippen molar-refractivity contribution in [2.24, 2.45) is 5.92 Å². The van der Waals surface area contributed by atoms with Crippen LogP contribution in [0.3, 0.4) is 0 Å². The molecule has 2 aliphatic rings. The second kappa shape index (κ2) is 9.60. The Morgan fingerprint density at radius 2 is 1.61 bits per heavy atom. The normalized spacial score (nSPS) is 18.7. The molecule has 1 saturated heterocycles. The van der Waals surface area contributed by atoms with Crippen molar-refractivity contribution < 1.29 is 14.0 Å². The quantitative estimate of drug-likeness (QED) is 0.788. The highest BCUT2D eigenvalue weighted by Gasteiger charge is 2.37. The number of carbonyl (C=O) groups is 2. The molecule has 2 aromatic rings. The molecule has 1 aliphatic carbocycles. The second-order valence-corrected chi connectivity index (χ2v) is 8.65. The molecular weight excluding hydrogens is 393 g/mol. The largest absolute Gasteiger partial charge is 0.336 e. The van der Waals surface area contributed by atoms with E-state index >= 15 is 0 Å². The third kappa shape index (κ3) is 4.96. The Kier molecular flexibility index (Phi) is 6.66. The summed E-state index contributed by atoms with van der Waals surface area (Å²) < 4.78 is 14.0. The highest BCUT2D eigenvalue weighted by molar-refractivity contribution is 5.95. The Bertz CT molecular complexity index is 917. The van der Waals surface area contributed by atoms with Crippen LogP contribution in [0.25, 0.3) is 0 Å². The molecule has 0 aromatic heterocycles. The SMILES string of the molecule is Cc1ccc(NC(=O)C(C2CCCC2)N2CCN(C(=O)c3ccccc3F)CC2)cc1. The van der Waals surface area contributed by atoms with Gasteiger partial charge in [0.2, 0.25) is 5.91 Å². The molecule has 0 radical (unpaired) electrons. The molecular formula is C25H30FN3O2. The van der Waals surface area contributed by atoms with E-state index in [-0.39, 0.29) is 23.4 Å². The number of amides is 2. The van der Waals surface area contributed by atoms with Crippen molar-refractivity contribution in [1.29, 1.82) is 0 Å². The fraction of sp³-hybridized carbons (Fsp3) is 0.440. The highest BCUT2D eigenvalue weighted by atomic mass is 19.1. The average molecular weight is 424 g/mol. The van der Waals surface area contributed by atoms with Crippen molar-refractivity contribution in [2.75, 3.05) is 31.5 Å². The highest BCUT2D eigenvalue weighted by Crippen LogP contribution is 2.32. The molecule has 1 saturated carbocycles. The first kappa shape index (κ1) is 21.5. The lowest BCUT2D eigenvalue weighted by Crippen LogP contribution is -2.57. The molecule has 1 N–H and O–H groups in total. The smallest absolute Gasteiger partial charge is 0.256 e. The van der Waals surface area contributed by atoms with Crippen molar-refractivity contribution in [3.05, 3.63) is 65.5 Å². The molecule has 1 unspecified atom stereocenters. The van der Waals surface area contributed by atoms with Gasteiger partial charge in [0, 0.05) is 31.9 Å². The maximum atomic E-state index is 14.0. The van der Waals surface area contributed by atoms with Crippen LogP contribution >= 0.6 is 0 Å². The van der Waals surface area contributed by atoms with Gasteiger partial charge in [-0.2, -0.15) is 0 Å². The van der Waals surface area contributed by atoms with Crippen LogP contribution in [0.2, 0.25) is 0 Å². The number of anilines is 1. The van der Waals surface area contributed by atoms with E-state index in [9.17, 15) is 14.0 Å². The van der Waals surface area contributed by atoms with Crippen LogP contribution in [0, 0.1) is 18.7 Å². The summed E-state index contributed by atoms with van der Waals surface area (Å²) >= 11 is 0. The number of piperazine rings is 1. The predicted octanol–water partition coefficient (Wildman–Crippen LogP) is 4.09. The van der Waals surface area contributed by atoms with Gasteiger partial charge in [-0.1, -0.05) is 42.7 Å². The summed E-state index contributed by atoms with van der Waals surface area (Å²) in [6.07, 6.45) is 4.43. The van der Waals surface area contributed by atoms with Crippen molar-refractivity contribution in [3.8, 4) is 0 Å². The number of benzene rings is 2. The summed E-state index contributed by atoms with van der Waals surface area (Å²) in [6.45, 7) is 4.24. The lowest BCUT2D eigenvalue weighted by molar-refractivity contribution is -0.123. The fourth-order valence-corrected chi connectivity index (χ4v) is 4.81. The van der Waals surface area contributed by atoms with E-state index in [0.717, 1.165) is 36.9 Å². The van der Waals surface area contributed by atoms with Crippen molar-refractivity contribution >= 4 is 17.5 Å². The van der Waals surface area contributed by atoms with Crippen LogP contribution in [-0.4, -0.2) is 53.8 Å². The number of hydrogen-bond donors (Lipinski definition) is 1. The molecule has 31 heavy (non-hydrogen) atoms. The van der Waals surface area contributed by atoms with Crippen LogP contribution in [0.1, 0.15) is 41.6 Å². The van der Waals surface area contributed by atoms with Crippen molar-refractivity contribution in [2.45, 2.75) is 38.6 Å². The van der Waals surface area contributed by atoms with Gasteiger partial charge in [0.15, 0.2) is 0 Å². The number of hydrogen-bond acceptors (Lipinski definition) is 3. The van der Waals surface area contributed by atoms with E-state index < -0.39 is 5.82 Å². The molecule has 6 heteroatoms. The number of rotatable bonds is 5. The third-order valence-electron chi connectivity index (χ3n) is 6.53. The fourth-order valence-electron chi connectivity index (χ4n) is 4.81. The van der Waals surface area contributed by atoms with Crippen LogP contribution in [0.15, 0.2) is 48.5 Å². The van der Waals surface area contributed by atoms with E-state index in [1.807, 2.05) is 31.2 Å². The third-order valence-corrected chi connectivity index (χ3v) is 6.53. The monoisotopic (exact) mass is 423 g/mol. The molecule has 2 fully saturated rings. The van der Waals surface area contributed by atoms with Gasteiger partial charge in [0.1, 0.15) is 5.82 Å². The van der Waals surface area contributed by atoms with Crippen molar-refractivity contribution in [3.63, 3.8) is 0 Å². The lowest BCUT2D eigenvalue weighted by atomic mass is 9.94. The zero-order valence-corrected chi connectivity index (χ0v) is 18.0. The van der Waals surface area contributed by atoms with E-state index in [1.165, 1.54) is 12.1 Å². The number of nitrogens with zero attached hydrogens (tertiary/aromatic N) is 2. The molecule has 0 bridgehead atoms. The zero-order chi connectivity index (χ0) is 21.8. The Balaban J connectivity index is 1.43. The minimum Gasteiger partial charge on any atom is -0.336 e. The van der Waals surface area contributed by atoms with Gasteiger partial charge in [-0.3, -0.25) is 14.5 Å². The first-order valence-corrected chi connectivity index (χ1v) is 11.2. The van der Waals surface area contributed by atoms with Crippen LogP contribution in [0.4, 0.5) is 10.1 Å². The number of halogens is 1. The summed E-state index contributed by atoms with van der Waals surface area (Å²) in [5.41, 5.74) is 2.08. The number of carbonyl (C=O) groups excluding carboxylic acids is 2. The Hall–Kier alpha value is -2.73.